The van der Waals surface area contributed by atoms with E-state index in [-0.39, 0.29) is 17.6 Å². The summed E-state index contributed by atoms with van der Waals surface area (Å²) in [6.07, 6.45) is 0. The van der Waals surface area contributed by atoms with Crippen molar-refractivity contribution in [1.29, 1.82) is 0 Å². The molecule has 4 aromatic rings. The number of carbonyl (C=O) groups is 2. The summed E-state index contributed by atoms with van der Waals surface area (Å²) >= 11 is 6.42. The molecule has 2 amide bonds. The number of hydrogen-bond acceptors (Lipinski definition) is 2. The molecule has 8 heteroatoms. The molecule has 6 nitrogen and oxygen atoms in total. The van der Waals surface area contributed by atoms with E-state index < -0.39 is 0 Å². The molecule has 0 unspecified atom stereocenters. The summed E-state index contributed by atoms with van der Waals surface area (Å²) in [5.41, 5.74) is 5.25. The maximum absolute atomic E-state index is 14.5. The molecule has 0 heterocycles. The molecule has 0 fully saturated rings. The molecular formula is C32H34ClFN4O2+2. The minimum Gasteiger partial charge on any atom is -0.322 e. The van der Waals surface area contributed by atoms with E-state index in [9.17, 15) is 14.0 Å². The molecule has 0 saturated heterocycles. The molecule has 0 radical (unpaired) electrons. The monoisotopic (exact) mass is 560 g/mol. The number of anilines is 2. The third kappa shape index (κ3) is 6.74. The zero-order valence-electron chi connectivity index (χ0n) is 23.5. The minimum atomic E-state index is -0.376. The SMILES string of the molecule is C[N+](C)(C)c1ccc(NC(=O)c2ccc(-c3ccc(C(=O)Nc4ccc([N+](C)(C)C)c(Cl)c4)cc3)cc2)cc1F. The Morgan fingerprint density at radius 1 is 0.600 bits per heavy atom. The second-order valence-electron chi connectivity index (χ2n) is 11.4. The van der Waals surface area contributed by atoms with Crippen molar-refractivity contribution in [2.45, 2.75) is 0 Å². The number of rotatable bonds is 7. The number of hydrogen-bond donors (Lipinski definition) is 2. The van der Waals surface area contributed by atoms with E-state index in [0.29, 0.717) is 42.2 Å². The second-order valence-corrected chi connectivity index (χ2v) is 11.8. The standard InChI is InChI=1S/C32H32ClFN4O2/c1-37(2,3)29-17-15-25(19-27(29)33)35-31(39)23-11-7-21(8-12-23)22-9-13-24(14-10-22)32(40)36-26-16-18-30(28(34)20-26)38(4,5)6/h7-20H,1-6H3/p+2. The predicted molar refractivity (Wildman–Crippen MR) is 165 cm³/mol. The molecule has 0 bridgehead atoms. The molecule has 0 aromatic heterocycles. The van der Waals surface area contributed by atoms with Gasteiger partial charge in [-0.25, -0.2) is 4.39 Å². The third-order valence-electron chi connectivity index (χ3n) is 6.48. The minimum absolute atomic E-state index is 0.237. The number of nitrogens with zero attached hydrogens (tertiary/aromatic N) is 2. The summed E-state index contributed by atoms with van der Waals surface area (Å²) in [6, 6.07) is 24.5. The summed E-state index contributed by atoms with van der Waals surface area (Å²) in [6.45, 7) is 0. The lowest BCUT2D eigenvalue weighted by Gasteiger charge is -2.24. The Bertz CT molecular complexity index is 1440. The fourth-order valence-electron chi connectivity index (χ4n) is 4.29. The number of amides is 2. The average molecular weight is 561 g/mol. The number of halogens is 2. The number of benzene rings is 4. The lowest BCUT2D eigenvalue weighted by molar-refractivity contribution is 0.101. The Hall–Kier alpha value is -4.04. The van der Waals surface area contributed by atoms with Gasteiger partial charge in [0.15, 0.2) is 17.2 Å². The topological polar surface area (TPSA) is 58.2 Å². The summed E-state index contributed by atoms with van der Waals surface area (Å²) in [5.74, 6) is -0.941. The van der Waals surface area contributed by atoms with Crippen molar-refractivity contribution in [1.82, 2.24) is 8.97 Å². The van der Waals surface area contributed by atoms with E-state index in [1.165, 1.54) is 6.07 Å². The van der Waals surface area contributed by atoms with E-state index in [1.807, 2.05) is 78.7 Å². The molecule has 2 N–H and O–H groups in total. The maximum Gasteiger partial charge on any atom is 0.255 e. The van der Waals surface area contributed by atoms with Gasteiger partial charge in [0.05, 0.1) is 42.3 Å². The van der Waals surface area contributed by atoms with Crippen LogP contribution in [0.15, 0.2) is 84.9 Å². The highest BCUT2D eigenvalue weighted by Crippen LogP contribution is 2.31. The molecular weight excluding hydrogens is 527 g/mol. The molecule has 4 rings (SSSR count). The van der Waals surface area contributed by atoms with Gasteiger partial charge in [0.25, 0.3) is 11.8 Å². The van der Waals surface area contributed by atoms with Crippen LogP contribution in [0.5, 0.6) is 0 Å². The van der Waals surface area contributed by atoms with Crippen molar-refractivity contribution in [2.24, 2.45) is 0 Å². The van der Waals surface area contributed by atoms with Crippen LogP contribution >= 0.6 is 11.6 Å². The van der Waals surface area contributed by atoms with Gasteiger partial charge in [0.2, 0.25) is 0 Å². The van der Waals surface area contributed by atoms with Gasteiger partial charge in [0.1, 0.15) is 5.02 Å². The fraction of sp³-hybridized carbons (Fsp3) is 0.188. The van der Waals surface area contributed by atoms with E-state index in [0.717, 1.165) is 16.8 Å². The third-order valence-corrected chi connectivity index (χ3v) is 6.79. The summed E-state index contributed by atoms with van der Waals surface area (Å²) in [7, 11) is 11.7. The molecule has 0 aliphatic heterocycles. The first-order valence-electron chi connectivity index (χ1n) is 12.8. The van der Waals surface area contributed by atoms with Crippen molar-refractivity contribution in [2.75, 3.05) is 52.9 Å². The maximum atomic E-state index is 14.5. The number of quaternary nitrogens is 2. The van der Waals surface area contributed by atoms with Gasteiger partial charge >= 0.3 is 0 Å². The van der Waals surface area contributed by atoms with Crippen LogP contribution in [-0.4, -0.2) is 54.1 Å². The van der Waals surface area contributed by atoms with Crippen molar-refractivity contribution in [3.63, 3.8) is 0 Å². The first-order valence-corrected chi connectivity index (χ1v) is 13.2. The second kappa shape index (κ2) is 11.2. The van der Waals surface area contributed by atoms with Crippen molar-refractivity contribution in [3.8, 4) is 11.1 Å². The first-order chi connectivity index (χ1) is 18.7. The molecule has 0 aliphatic carbocycles. The van der Waals surface area contributed by atoms with E-state index in [2.05, 4.69) is 10.6 Å². The molecule has 0 spiro atoms. The van der Waals surface area contributed by atoms with E-state index in [1.54, 1.807) is 42.5 Å². The fourth-order valence-corrected chi connectivity index (χ4v) is 4.73. The summed E-state index contributed by atoms with van der Waals surface area (Å²) in [5, 5.41) is 6.23. The molecule has 0 saturated carbocycles. The highest BCUT2D eigenvalue weighted by atomic mass is 35.5. The Morgan fingerprint density at radius 3 is 1.38 bits per heavy atom. The van der Waals surface area contributed by atoms with Gasteiger partial charge in [-0.15, -0.1) is 0 Å². The predicted octanol–water partition coefficient (Wildman–Crippen LogP) is 7.04. The van der Waals surface area contributed by atoms with E-state index >= 15 is 0 Å². The zero-order chi connectivity index (χ0) is 29.2. The average Bonchev–Trinajstić information content (AvgIpc) is 2.87. The Morgan fingerprint density at radius 2 is 1.00 bits per heavy atom. The number of nitrogens with one attached hydrogen (secondary N) is 2. The molecule has 4 aromatic carbocycles. The largest absolute Gasteiger partial charge is 0.322 e. The van der Waals surface area contributed by atoms with Crippen LogP contribution in [0, 0.1) is 5.82 Å². The molecule has 0 aliphatic rings. The smallest absolute Gasteiger partial charge is 0.255 e. The highest BCUT2D eigenvalue weighted by Gasteiger charge is 2.19. The van der Waals surface area contributed by atoms with Crippen molar-refractivity contribution in [3.05, 3.63) is 107 Å². The van der Waals surface area contributed by atoms with Crippen LogP contribution in [0.3, 0.4) is 0 Å². The van der Waals surface area contributed by atoms with Gasteiger partial charge in [-0.1, -0.05) is 35.9 Å². The number of carbonyl (C=O) groups excluding carboxylic acids is 2. The summed E-state index contributed by atoms with van der Waals surface area (Å²) in [4.78, 5) is 25.5. The van der Waals surface area contributed by atoms with Gasteiger partial charge in [-0.2, -0.15) is 0 Å². The van der Waals surface area contributed by atoms with E-state index in [4.69, 9.17) is 11.6 Å². The van der Waals surface area contributed by atoms with Crippen LogP contribution in [0.25, 0.3) is 11.1 Å². The zero-order valence-corrected chi connectivity index (χ0v) is 24.3. The quantitative estimate of drug-likeness (QED) is 0.238. The van der Waals surface area contributed by atoms with Gasteiger partial charge in [0, 0.05) is 40.7 Å². The molecule has 40 heavy (non-hydrogen) atoms. The summed E-state index contributed by atoms with van der Waals surface area (Å²) < 4.78 is 15.4. The van der Waals surface area contributed by atoms with Crippen LogP contribution in [0.1, 0.15) is 20.7 Å². The lowest BCUT2D eigenvalue weighted by Crippen LogP contribution is -2.35. The van der Waals surface area contributed by atoms with Gasteiger partial charge < -0.3 is 10.6 Å². The molecule has 0 atom stereocenters. The first kappa shape index (κ1) is 29.0. The van der Waals surface area contributed by atoms with Gasteiger partial charge in [-0.3, -0.25) is 18.6 Å². The van der Waals surface area contributed by atoms with Crippen molar-refractivity contribution >= 4 is 46.2 Å². The van der Waals surface area contributed by atoms with Gasteiger partial charge in [-0.05, 0) is 53.6 Å². The van der Waals surface area contributed by atoms with Crippen LogP contribution in [-0.2, 0) is 0 Å². The van der Waals surface area contributed by atoms with Crippen LogP contribution in [0.2, 0.25) is 5.02 Å². The Labute approximate surface area is 239 Å². The highest BCUT2D eigenvalue weighted by molar-refractivity contribution is 6.33. The van der Waals surface area contributed by atoms with Crippen molar-refractivity contribution < 1.29 is 14.0 Å². The van der Waals surface area contributed by atoms with Crippen LogP contribution < -0.4 is 19.6 Å². The van der Waals surface area contributed by atoms with Crippen LogP contribution in [0.4, 0.5) is 27.1 Å². The normalized spacial score (nSPS) is 11.7. The lowest BCUT2D eigenvalue weighted by atomic mass is 10.0. The molecule has 206 valence electrons. The Kier molecular flexibility index (Phi) is 8.12. The Balaban J connectivity index is 1.40.